The van der Waals surface area contributed by atoms with Crippen LogP contribution in [0.5, 0.6) is 0 Å². The van der Waals surface area contributed by atoms with Gasteiger partial charge in [-0.1, -0.05) is 27.2 Å². The van der Waals surface area contributed by atoms with Crippen LogP contribution in [0.3, 0.4) is 0 Å². The summed E-state index contributed by atoms with van der Waals surface area (Å²) in [5.74, 6) is 0.0609. The normalized spacial score (nSPS) is 26.6. The number of rotatable bonds is 4. The molecule has 19 heavy (non-hydrogen) atoms. The van der Waals surface area contributed by atoms with E-state index in [0.717, 1.165) is 12.8 Å². The van der Waals surface area contributed by atoms with E-state index in [1.165, 1.54) is 0 Å². The van der Waals surface area contributed by atoms with Crippen LogP contribution in [0.1, 0.15) is 33.6 Å². The predicted octanol–water partition coefficient (Wildman–Crippen LogP) is 0.299. The molecule has 0 bridgehead atoms. The molecular formula is C13H25N3O3. The van der Waals surface area contributed by atoms with E-state index in [2.05, 4.69) is 5.32 Å². The summed E-state index contributed by atoms with van der Waals surface area (Å²) in [4.78, 5) is 25.1. The molecule has 0 aromatic heterocycles. The van der Waals surface area contributed by atoms with Crippen molar-refractivity contribution in [2.45, 2.75) is 45.8 Å². The molecular weight excluding hydrogens is 246 g/mol. The first-order valence-electron chi connectivity index (χ1n) is 6.89. The average molecular weight is 271 g/mol. The molecule has 4 unspecified atom stereocenters. The third kappa shape index (κ3) is 4.09. The van der Waals surface area contributed by atoms with Gasteiger partial charge in [0, 0.05) is 13.1 Å². The van der Waals surface area contributed by atoms with Crippen molar-refractivity contribution in [3.8, 4) is 0 Å². The number of nitrogens with zero attached hydrogens (tertiary/aromatic N) is 1. The smallest absolute Gasteiger partial charge is 0.312 e. The molecule has 1 aliphatic rings. The summed E-state index contributed by atoms with van der Waals surface area (Å²) >= 11 is 0. The second kappa shape index (κ2) is 6.75. The second-order valence-corrected chi connectivity index (χ2v) is 5.49. The number of nitrogens with two attached hydrogens (primary N) is 1. The van der Waals surface area contributed by atoms with E-state index in [1.54, 1.807) is 4.90 Å². The molecule has 110 valence electrons. The molecule has 0 aliphatic carbocycles. The highest BCUT2D eigenvalue weighted by molar-refractivity contribution is 5.87. The average Bonchev–Trinajstić information content (AvgIpc) is 2.37. The van der Waals surface area contributed by atoms with Crippen LogP contribution >= 0.6 is 0 Å². The maximum absolute atomic E-state index is 12.4. The van der Waals surface area contributed by atoms with Crippen molar-refractivity contribution in [3.63, 3.8) is 0 Å². The first kappa shape index (κ1) is 15.8. The highest BCUT2D eigenvalue weighted by atomic mass is 16.3. The van der Waals surface area contributed by atoms with Gasteiger partial charge in [0.05, 0.1) is 6.10 Å². The minimum atomic E-state index is -0.690. The summed E-state index contributed by atoms with van der Waals surface area (Å²) in [6.45, 7) is 6.78. The van der Waals surface area contributed by atoms with E-state index < -0.39 is 18.2 Å². The number of urea groups is 1. The zero-order chi connectivity index (χ0) is 14.6. The van der Waals surface area contributed by atoms with Gasteiger partial charge in [0.15, 0.2) is 0 Å². The highest BCUT2D eigenvalue weighted by Gasteiger charge is 2.33. The van der Waals surface area contributed by atoms with Crippen molar-refractivity contribution in [1.29, 1.82) is 0 Å². The van der Waals surface area contributed by atoms with E-state index in [9.17, 15) is 14.7 Å². The van der Waals surface area contributed by atoms with Crippen LogP contribution in [-0.2, 0) is 4.79 Å². The Balaban J connectivity index is 2.73. The molecule has 1 fully saturated rings. The number of aliphatic hydroxyl groups excluding tert-OH is 1. The summed E-state index contributed by atoms with van der Waals surface area (Å²) in [5.41, 5.74) is 5.13. The number of likely N-dealkylation sites (tertiary alicyclic amines) is 1. The van der Waals surface area contributed by atoms with Crippen LogP contribution in [0.4, 0.5) is 4.79 Å². The number of carbonyl (C=O) groups is 2. The fraction of sp³-hybridized carbons (Fsp3) is 0.846. The molecule has 0 aromatic carbocycles. The topological polar surface area (TPSA) is 95.7 Å². The Hall–Kier alpha value is -1.30. The number of β-amino-alcohol motifs (C(OH)–C–C–N with tert-alkyl or cyclic N) is 1. The van der Waals surface area contributed by atoms with Crippen LogP contribution in [0.2, 0.25) is 0 Å². The highest BCUT2D eigenvalue weighted by Crippen LogP contribution is 2.19. The first-order chi connectivity index (χ1) is 8.86. The zero-order valence-corrected chi connectivity index (χ0v) is 11.9. The number of aliphatic hydroxyl groups is 1. The number of piperidine rings is 1. The Kier molecular flexibility index (Phi) is 5.60. The Morgan fingerprint density at radius 3 is 2.63 bits per heavy atom. The molecule has 1 saturated heterocycles. The monoisotopic (exact) mass is 271 g/mol. The molecule has 1 aliphatic heterocycles. The zero-order valence-electron chi connectivity index (χ0n) is 11.9. The van der Waals surface area contributed by atoms with Gasteiger partial charge in [-0.15, -0.1) is 0 Å². The van der Waals surface area contributed by atoms with Crippen molar-refractivity contribution in [1.82, 2.24) is 10.2 Å². The molecule has 0 saturated carbocycles. The number of hydrogen-bond donors (Lipinski definition) is 3. The maximum atomic E-state index is 12.4. The number of nitrogens with one attached hydrogen (secondary N) is 1. The molecule has 4 atom stereocenters. The Morgan fingerprint density at radius 1 is 1.53 bits per heavy atom. The minimum Gasteiger partial charge on any atom is -0.391 e. The lowest BCUT2D eigenvalue weighted by atomic mass is 9.93. The molecule has 4 N–H and O–H groups in total. The van der Waals surface area contributed by atoms with Crippen LogP contribution in [-0.4, -0.2) is 47.2 Å². The predicted molar refractivity (Wildman–Crippen MR) is 72.3 cm³/mol. The summed E-state index contributed by atoms with van der Waals surface area (Å²) in [6.07, 6.45) is 1.05. The van der Waals surface area contributed by atoms with Crippen LogP contribution < -0.4 is 11.1 Å². The quantitative estimate of drug-likeness (QED) is 0.686. The maximum Gasteiger partial charge on any atom is 0.312 e. The second-order valence-electron chi connectivity index (χ2n) is 5.49. The molecule has 0 radical (unpaired) electrons. The van der Waals surface area contributed by atoms with E-state index in [0.29, 0.717) is 13.1 Å². The van der Waals surface area contributed by atoms with Gasteiger partial charge in [0.1, 0.15) is 6.04 Å². The Labute approximate surface area is 114 Å². The van der Waals surface area contributed by atoms with Gasteiger partial charge in [-0.2, -0.15) is 0 Å². The van der Waals surface area contributed by atoms with Crippen molar-refractivity contribution < 1.29 is 14.7 Å². The summed E-state index contributed by atoms with van der Waals surface area (Å²) in [5, 5.41) is 12.4. The minimum absolute atomic E-state index is 0.0106. The van der Waals surface area contributed by atoms with Crippen molar-refractivity contribution in [2.75, 3.05) is 13.1 Å². The molecule has 1 heterocycles. The number of amides is 3. The van der Waals surface area contributed by atoms with E-state index in [1.807, 2.05) is 20.8 Å². The fourth-order valence-corrected chi connectivity index (χ4v) is 2.28. The number of primary amides is 1. The molecule has 0 aromatic rings. The van der Waals surface area contributed by atoms with Crippen molar-refractivity contribution >= 4 is 11.9 Å². The SMILES string of the molecule is CCC(C)C(NC(N)=O)C(=O)N1CCC(C)C(O)C1. The van der Waals surface area contributed by atoms with Gasteiger partial charge in [-0.3, -0.25) is 4.79 Å². The summed E-state index contributed by atoms with van der Waals surface area (Å²) in [6, 6.07) is -1.30. The van der Waals surface area contributed by atoms with Gasteiger partial charge in [-0.25, -0.2) is 4.79 Å². The molecule has 0 spiro atoms. The van der Waals surface area contributed by atoms with Crippen molar-refractivity contribution in [2.24, 2.45) is 17.6 Å². The van der Waals surface area contributed by atoms with Gasteiger partial charge in [0.25, 0.3) is 0 Å². The summed E-state index contributed by atoms with van der Waals surface area (Å²) < 4.78 is 0. The van der Waals surface area contributed by atoms with E-state index in [4.69, 9.17) is 5.73 Å². The standard InChI is InChI=1S/C13H25N3O3/c1-4-8(2)11(15-13(14)19)12(18)16-6-5-9(3)10(17)7-16/h8-11,17H,4-7H2,1-3H3,(H3,14,15,19). The van der Waals surface area contributed by atoms with Gasteiger partial charge < -0.3 is 21.1 Å². The lowest BCUT2D eigenvalue weighted by molar-refractivity contribution is -0.138. The summed E-state index contributed by atoms with van der Waals surface area (Å²) in [7, 11) is 0. The lowest BCUT2D eigenvalue weighted by Gasteiger charge is -2.37. The van der Waals surface area contributed by atoms with Crippen LogP contribution in [0, 0.1) is 11.8 Å². The van der Waals surface area contributed by atoms with E-state index in [-0.39, 0.29) is 17.7 Å². The van der Waals surface area contributed by atoms with Crippen LogP contribution in [0.15, 0.2) is 0 Å². The van der Waals surface area contributed by atoms with Crippen LogP contribution in [0.25, 0.3) is 0 Å². The largest absolute Gasteiger partial charge is 0.391 e. The first-order valence-corrected chi connectivity index (χ1v) is 6.89. The fourth-order valence-electron chi connectivity index (χ4n) is 2.28. The molecule has 6 heteroatoms. The van der Waals surface area contributed by atoms with Crippen molar-refractivity contribution in [3.05, 3.63) is 0 Å². The van der Waals surface area contributed by atoms with Gasteiger partial charge in [-0.05, 0) is 18.3 Å². The number of carbonyl (C=O) groups excluding carboxylic acids is 2. The molecule has 3 amide bonds. The third-order valence-electron chi connectivity index (χ3n) is 4.01. The molecule has 6 nitrogen and oxygen atoms in total. The van der Waals surface area contributed by atoms with Gasteiger partial charge >= 0.3 is 6.03 Å². The van der Waals surface area contributed by atoms with E-state index >= 15 is 0 Å². The molecule has 1 rings (SSSR count). The third-order valence-corrected chi connectivity index (χ3v) is 4.01. The Bertz CT molecular complexity index is 335. The Morgan fingerprint density at radius 2 is 2.16 bits per heavy atom. The lowest BCUT2D eigenvalue weighted by Crippen LogP contribution is -2.56. The van der Waals surface area contributed by atoms with Gasteiger partial charge in [0.2, 0.25) is 5.91 Å². The number of hydrogen-bond acceptors (Lipinski definition) is 3.